The van der Waals surface area contributed by atoms with Crippen molar-refractivity contribution in [3.63, 3.8) is 0 Å². The van der Waals surface area contributed by atoms with Crippen molar-refractivity contribution in [3.05, 3.63) is 24.0 Å². The van der Waals surface area contributed by atoms with Gasteiger partial charge in [0.05, 0.1) is 24.1 Å². The van der Waals surface area contributed by atoms with E-state index in [1.807, 2.05) is 4.90 Å². The number of hydrogen-bond donors (Lipinski definition) is 2. The fraction of sp³-hybridized carbons (Fsp3) is 0.400. The van der Waals surface area contributed by atoms with Crippen molar-refractivity contribution in [2.45, 2.75) is 12.2 Å². The molecule has 0 amide bonds. The van der Waals surface area contributed by atoms with E-state index in [0.29, 0.717) is 25.1 Å². The molecule has 1 aliphatic heterocycles. The molecule has 80 valence electrons. The Hall–Kier alpha value is -1.46. The molecule has 5 nitrogen and oxygen atoms in total. The molecule has 0 unspecified atom stereocenters. The van der Waals surface area contributed by atoms with Gasteiger partial charge in [0, 0.05) is 13.1 Å². The van der Waals surface area contributed by atoms with E-state index in [0.717, 1.165) is 5.69 Å². The minimum absolute atomic E-state index is 0.374. The van der Waals surface area contributed by atoms with E-state index in [4.69, 9.17) is 0 Å². The molecular formula is C10H12N2O3. The zero-order chi connectivity index (χ0) is 10.8. The van der Waals surface area contributed by atoms with E-state index in [9.17, 15) is 15.0 Å². The van der Waals surface area contributed by atoms with E-state index < -0.39 is 12.2 Å². The van der Waals surface area contributed by atoms with Gasteiger partial charge in [0.25, 0.3) is 0 Å². The summed E-state index contributed by atoms with van der Waals surface area (Å²) in [5.74, 6) is 0. The van der Waals surface area contributed by atoms with Crippen LogP contribution < -0.4 is 4.90 Å². The highest BCUT2D eigenvalue weighted by molar-refractivity contribution is 5.72. The molecule has 2 heterocycles. The van der Waals surface area contributed by atoms with Crippen molar-refractivity contribution in [1.82, 2.24) is 4.98 Å². The van der Waals surface area contributed by atoms with Crippen molar-refractivity contribution in [3.8, 4) is 0 Å². The summed E-state index contributed by atoms with van der Waals surface area (Å²) in [6.45, 7) is 0.784. The van der Waals surface area contributed by atoms with Crippen molar-refractivity contribution in [2.24, 2.45) is 0 Å². The summed E-state index contributed by atoms with van der Waals surface area (Å²) in [6.07, 6.45) is 0.817. The molecule has 1 fully saturated rings. The lowest BCUT2D eigenvalue weighted by Crippen LogP contribution is -2.22. The van der Waals surface area contributed by atoms with Gasteiger partial charge in [0.15, 0.2) is 6.29 Å². The van der Waals surface area contributed by atoms with E-state index in [1.54, 1.807) is 18.3 Å². The van der Waals surface area contributed by atoms with Crippen LogP contribution >= 0.6 is 0 Å². The Morgan fingerprint density at radius 3 is 2.47 bits per heavy atom. The Morgan fingerprint density at radius 2 is 2.00 bits per heavy atom. The number of anilines is 1. The topological polar surface area (TPSA) is 73.7 Å². The van der Waals surface area contributed by atoms with Gasteiger partial charge in [0.1, 0.15) is 5.69 Å². The number of aliphatic hydroxyl groups is 2. The number of β-amino-alcohol motifs (C(OH)–C–C–N with tert-alkyl or cyclic N) is 2. The first-order valence-electron chi connectivity index (χ1n) is 4.73. The number of aliphatic hydroxyl groups excluding tert-OH is 2. The zero-order valence-electron chi connectivity index (χ0n) is 8.08. The van der Waals surface area contributed by atoms with Gasteiger partial charge in [0.2, 0.25) is 0 Å². The van der Waals surface area contributed by atoms with E-state index in [-0.39, 0.29) is 0 Å². The Morgan fingerprint density at radius 1 is 1.33 bits per heavy atom. The van der Waals surface area contributed by atoms with Crippen LogP contribution in [0.15, 0.2) is 18.3 Å². The van der Waals surface area contributed by atoms with Gasteiger partial charge in [-0.05, 0) is 12.1 Å². The number of carbonyl (C=O) groups is 1. The van der Waals surface area contributed by atoms with Gasteiger partial charge in [-0.15, -0.1) is 0 Å². The van der Waals surface area contributed by atoms with Crippen molar-refractivity contribution in [2.75, 3.05) is 18.0 Å². The monoisotopic (exact) mass is 208 g/mol. The average molecular weight is 208 g/mol. The zero-order valence-corrected chi connectivity index (χ0v) is 8.08. The van der Waals surface area contributed by atoms with Gasteiger partial charge in [-0.2, -0.15) is 0 Å². The van der Waals surface area contributed by atoms with Crippen molar-refractivity contribution < 1.29 is 15.0 Å². The molecule has 15 heavy (non-hydrogen) atoms. The normalized spacial score (nSPS) is 25.6. The summed E-state index contributed by atoms with van der Waals surface area (Å²) in [5, 5.41) is 18.7. The third kappa shape index (κ3) is 1.98. The maximum Gasteiger partial charge on any atom is 0.168 e. The Balaban J connectivity index is 2.13. The molecule has 5 heteroatoms. The first-order valence-corrected chi connectivity index (χ1v) is 4.73. The first kappa shape index (κ1) is 10.1. The molecule has 2 N–H and O–H groups in total. The number of hydrogen-bond acceptors (Lipinski definition) is 5. The first-order chi connectivity index (χ1) is 7.20. The molecule has 0 radical (unpaired) electrons. The van der Waals surface area contributed by atoms with Crippen LogP contribution in [0, 0.1) is 0 Å². The number of aromatic nitrogens is 1. The number of rotatable bonds is 2. The van der Waals surface area contributed by atoms with E-state index in [1.165, 1.54) is 0 Å². The number of carbonyl (C=O) groups excluding carboxylic acids is 1. The van der Waals surface area contributed by atoms with Crippen LogP contribution in [0.4, 0.5) is 5.69 Å². The Labute approximate surface area is 87.0 Å². The lowest BCUT2D eigenvalue weighted by atomic mass is 10.3. The lowest BCUT2D eigenvalue weighted by Gasteiger charge is -2.16. The summed E-state index contributed by atoms with van der Waals surface area (Å²) in [5.41, 5.74) is 1.18. The molecule has 1 aromatic rings. The van der Waals surface area contributed by atoms with Gasteiger partial charge in [-0.25, -0.2) is 0 Å². The predicted octanol–water partition coefficient (Wildman–Crippen LogP) is -0.564. The predicted molar refractivity (Wildman–Crippen MR) is 53.9 cm³/mol. The summed E-state index contributed by atoms with van der Waals surface area (Å²) in [7, 11) is 0. The van der Waals surface area contributed by atoms with Crippen molar-refractivity contribution in [1.29, 1.82) is 0 Å². The van der Waals surface area contributed by atoms with E-state index >= 15 is 0 Å². The van der Waals surface area contributed by atoms with Crippen LogP contribution in [0.2, 0.25) is 0 Å². The van der Waals surface area contributed by atoms with Crippen LogP contribution in [0.1, 0.15) is 10.5 Å². The summed E-state index contributed by atoms with van der Waals surface area (Å²) in [6, 6.07) is 3.36. The smallest absolute Gasteiger partial charge is 0.168 e. The van der Waals surface area contributed by atoms with Crippen LogP contribution in [0.5, 0.6) is 0 Å². The third-order valence-corrected chi connectivity index (χ3v) is 2.52. The second-order valence-corrected chi connectivity index (χ2v) is 3.60. The van der Waals surface area contributed by atoms with Gasteiger partial charge in [-0.3, -0.25) is 9.78 Å². The number of nitrogens with zero attached hydrogens (tertiary/aromatic N) is 2. The number of pyridine rings is 1. The SMILES string of the molecule is O=Cc1ccc(N2C[C@@H](O)[C@@H](O)C2)cn1. The molecule has 0 saturated carbocycles. The standard InChI is InChI=1S/C10H12N2O3/c13-6-7-1-2-8(3-11-7)12-4-9(14)10(15)5-12/h1-3,6,9-10,14-15H,4-5H2/t9-,10+. The summed E-state index contributed by atoms with van der Waals surface area (Å²) >= 11 is 0. The molecular weight excluding hydrogens is 196 g/mol. The molecule has 1 aromatic heterocycles. The van der Waals surface area contributed by atoms with Crippen LogP contribution in [-0.4, -0.2) is 46.8 Å². The van der Waals surface area contributed by atoms with Gasteiger partial charge >= 0.3 is 0 Å². The van der Waals surface area contributed by atoms with Crippen LogP contribution in [0.3, 0.4) is 0 Å². The minimum atomic E-state index is -0.712. The van der Waals surface area contributed by atoms with Gasteiger partial charge in [-0.1, -0.05) is 0 Å². The second kappa shape index (κ2) is 3.96. The fourth-order valence-electron chi connectivity index (χ4n) is 1.63. The number of aldehydes is 1. The Bertz CT molecular complexity index is 342. The second-order valence-electron chi connectivity index (χ2n) is 3.60. The maximum atomic E-state index is 10.4. The quantitative estimate of drug-likeness (QED) is 0.637. The molecule has 0 aliphatic carbocycles. The molecule has 1 saturated heterocycles. The highest BCUT2D eigenvalue weighted by Gasteiger charge is 2.29. The summed E-state index contributed by atoms with van der Waals surface area (Å²) in [4.78, 5) is 16.1. The fourth-order valence-corrected chi connectivity index (χ4v) is 1.63. The molecule has 0 bridgehead atoms. The van der Waals surface area contributed by atoms with Gasteiger partial charge < -0.3 is 15.1 Å². The molecule has 1 aliphatic rings. The summed E-state index contributed by atoms with van der Waals surface area (Å²) < 4.78 is 0. The highest BCUT2D eigenvalue weighted by atomic mass is 16.3. The molecule has 0 aromatic carbocycles. The highest BCUT2D eigenvalue weighted by Crippen LogP contribution is 2.19. The lowest BCUT2D eigenvalue weighted by molar-refractivity contribution is 0.0572. The van der Waals surface area contributed by atoms with Crippen molar-refractivity contribution >= 4 is 12.0 Å². The Kier molecular flexibility index (Phi) is 2.66. The average Bonchev–Trinajstić information content (AvgIpc) is 2.59. The largest absolute Gasteiger partial charge is 0.389 e. The van der Waals surface area contributed by atoms with Crippen LogP contribution in [-0.2, 0) is 0 Å². The molecule has 2 atom stereocenters. The third-order valence-electron chi connectivity index (χ3n) is 2.52. The minimum Gasteiger partial charge on any atom is -0.389 e. The molecule has 2 rings (SSSR count). The van der Waals surface area contributed by atoms with E-state index in [2.05, 4.69) is 4.98 Å². The maximum absolute atomic E-state index is 10.4. The van der Waals surface area contributed by atoms with Crippen LogP contribution in [0.25, 0.3) is 0 Å². The molecule has 0 spiro atoms.